The summed E-state index contributed by atoms with van der Waals surface area (Å²) in [4.78, 5) is 4.69. The number of nitrogens with one attached hydrogen (secondary N) is 1. The summed E-state index contributed by atoms with van der Waals surface area (Å²) >= 11 is 3.49. The SMILES string of the molecule is NC(=N/C(=N\Nc1cccc(Br)c1)c1cccc2c1oc1ccccc12)c1ccccc1. The molecule has 5 rings (SSSR count). The van der Waals surface area contributed by atoms with Crippen LogP contribution >= 0.6 is 15.9 Å². The van der Waals surface area contributed by atoms with Crippen molar-refractivity contribution in [2.24, 2.45) is 15.8 Å². The van der Waals surface area contributed by atoms with Crippen molar-refractivity contribution in [1.82, 2.24) is 0 Å². The summed E-state index contributed by atoms with van der Waals surface area (Å²) in [7, 11) is 0. The number of fused-ring (bicyclic) bond motifs is 3. The first-order valence-corrected chi connectivity index (χ1v) is 10.9. The lowest BCUT2D eigenvalue weighted by atomic mass is 10.1. The molecule has 1 heterocycles. The molecule has 0 bridgehead atoms. The molecule has 0 atom stereocenters. The Kier molecular flexibility index (Phi) is 5.44. The van der Waals surface area contributed by atoms with E-state index in [1.165, 1.54) is 0 Å². The lowest BCUT2D eigenvalue weighted by Gasteiger charge is -2.07. The van der Waals surface area contributed by atoms with Crippen LogP contribution in [0.2, 0.25) is 0 Å². The van der Waals surface area contributed by atoms with E-state index in [1.54, 1.807) is 0 Å². The van der Waals surface area contributed by atoms with Gasteiger partial charge in [-0.15, -0.1) is 0 Å². The first kappa shape index (κ1) is 20.0. The Morgan fingerprint density at radius 2 is 1.56 bits per heavy atom. The van der Waals surface area contributed by atoms with E-state index in [-0.39, 0.29) is 0 Å². The molecule has 0 aliphatic carbocycles. The van der Waals surface area contributed by atoms with E-state index in [0.29, 0.717) is 17.3 Å². The molecule has 0 saturated heterocycles. The van der Waals surface area contributed by atoms with Gasteiger partial charge in [0.05, 0.1) is 11.3 Å². The average Bonchev–Trinajstić information content (AvgIpc) is 3.21. The van der Waals surface area contributed by atoms with E-state index in [4.69, 9.17) is 10.2 Å². The maximum absolute atomic E-state index is 6.35. The number of rotatable bonds is 4. The fourth-order valence-corrected chi connectivity index (χ4v) is 3.93. The molecular weight excluding hydrogens is 464 g/mol. The zero-order chi connectivity index (χ0) is 21.9. The zero-order valence-electron chi connectivity index (χ0n) is 17.0. The zero-order valence-corrected chi connectivity index (χ0v) is 18.6. The van der Waals surface area contributed by atoms with Crippen LogP contribution in [0.4, 0.5) is 5.69 Å². The maximum Gasteiger partial charge on any atom is 0.185 e. The molecule has 5 aromatic rings. The maximum atomic E-state index is 6.35. The van der Waals surface area contributed by atoms with E-state index in [2.05, 4.69) is 31.4 Å². The second-order valence-corrected chi connectivity index (χ2v) is 8.12. The Hall–Kier alpha value is -3.90. The minimum absolute atomic E-state index is 0.369. The normalized spacial score (nSPS) is 12.4. The Balaban J connectivity index is 1.66. The molecule has 0 unspecified atom stereocenters. The largest absolute Gasteiger partial charge is 0.455 e. The summed E-state index contributed by atoms with van der Waals surface area (Å²) in [6.45, 7) is 0. The van der Waals surface area contributed by atoms with E-state index in [9.17, 15) is 0 Å². The number of furan rings is 1. The summed E-state index contributed by atoms with van der Waals surface area (Å²) in [5, 5.41) is 6.66. The van der Waals surface area contributed by atoms with Crippen molar-refractivity contribution in [2.45, 2.75) is 0 Å². The van der Waals surface area contributed by atoms with Crippen molar-refractivity contribution in [3.8, 4) is 0 Å². The van der Waals surface area contributed by atoms with Crippen LogP contribution in [0.15, 0.2) is 116 Å². The number of hydrazone groups is 1. The highest BCUT2D eigenvalue weighted by Crippen LogP contribution is 2.31. The van der Waals surface area contributed by atoms with Crippen LogP contribution in [0.3, 0.4) is 0 Å². The van der Waals surface area contributed by atoms with Crippen LogP contribution in [-0.4, -0.2) is 11.7 Å². The monoisotopic (exact) mass is 482 g/mol. The van der Waals surface area contributed by atoms with Gasteiger partial charge in [0, 0.05) is 20.8 Å². The van der Waals surface area contributed by atoms with Gasteiger partial charge < -0.3 is 10.2 Å². The molecule has 3 N–H and O–H groups in total. The minimum atomic E-state index is 0.369. The molecule has 0 aliphatic heterocycles. The van der Waals surface area contributed by atoms with Crippen molar-refractivity contribution in [2.75, 3.05) is 5.43 Å². The third kappa shape index (κ3) is 4.00. The molecular formula is C26H19BrN4O. The second kappa shape index (κ2) is 8.69. The molecule has 5 nitrogen and oxygen atoms in total. The Labute approximate surface area is 193 Å². The number of benzene rings is 4. The van der Waals surface area contributed by atoms with Gasteiger partial charge in [-0.3, -0.25) is 5.43 Å². The number of para-hydroxylation sites is 2. The van der Waals surface area contributed by atoms with Crippen LogP contribution in [-0.2, 0) is 0 Å². The molecule has 1 aromatic heterocycles. The van der Waals surface area contributed by atoms with Gasteiger partial charge in [-0.05, 0) is 30.3 Å². The predicted molar refractivity (Wildman–Crippen MR) is 135 cm³/mol. The number of hydrogen-bond donors (Lipinski definition) is 2. The fraction of sp³-hybridized carbons (Fsp3) is 0. The van der Waals surface area contributed by atoms with Gasteiger partial charge in [-0.25, -0.2) is 4.99 Å². The van der Waals surface area contributed by atoms with Gasteiger partial charge in [0.2, 0.25) is 0 Å². The Morgan fingerprint density at radius 1 is 0.812 bits per heavy atom. The Morgan fingerprint density at radius 3 is 2.41 bits per heavy atom. The van der Waals surface area contributed by atoms with E-state index in [0.717, 1.165) is 37.6 Å². The summed E-state index contributed by atoms with van der Waals surface area (Å²) in [5.41, 5.74) is 13.4. The van der Waals surface area contributed by atoms with Crippen LogP contribution < -0.4 is 11.2 Å². The van der Waals surface area contributed by atoms with Crippen molar-refractivity contribution in [1.29, 1.82) is 0 Å². The van der Waals surface area contributed by atoms with E-state index >= 15 is 0 Å². The number of nitrogens with two attached hydrogens (primary N) is 1. The molecule has 0 radical (unpaired) electrons. The quantitative estimate of drug-likeness (QED) is 0.173. The summed E-state index contributed by atoms with van der Waals surface area (Å²) in [6.07, 6.45) is 0. The highest BCUT2D eigenvalue weighted by Gasteiger charge is 2.15. The number of amidine groups is 2. The van der Waals surface area contributed by atoms with Crippen molar-refractivity contribution >= 4 is 55.2 Å². The average molecular weight is 483 g/mol. The number of halogens is 1. The van der Waals surface area contributed by atoms with Crippen molar-refractivity contribution in [3.05, 3.63) is 113 Å². The second-order valence-electron chi connectivity index (χ2n) is 7.20. The van der Waals surface area contributed by atoms with Crippen LogP contribution in [0.5, 0.6) is 0 Å². The third-order valence-electron chi connectivity index (χ3n) is 5.06. The first-order chi connectivity index (χ1) is 15.7. The lowest BCUT2D eigenvalue weighted by molar-refractivity contribution is 0.668. The fourth-order valence-electron chi connectivity index (χ4n) is 3.53. The minimum Gasteiger partial charge on any atom is -0.455 e. The molecule has 0 saturated carbocycles. The number of aliphatic imine (C=N–C) groups is 1. The summed E-state index contributed by atoms with van der Waals surface area (Å²) in [5.74, 6) is 0.796. The standard InChI is InChI=1S/C26H19BrN4O/c27-18-10-6-11-19(16-18)30-31-26(29-25(28)17-8-2-1-3-9-17)22-14-7-13-21-20-12-4-5-15-23(20)32-24(21)22/h1-16,30H,(H2,28,29,31). The topological polar surface area (TPSA) is 75.9 Å². The first-order valence-electron chi connectivity index (χ1n) is 10.1. The smallest absolute Gasteiger partial charge is 0.185 e. The van der Waals surface area contributed by atoms with Crippen LogP contribution in [0.25, 0.3) is 21.9 Å². The molecule has 0 amide bonds. The Bertz CT molecular complexity index is 1470. The summed E-state index contributed by atoms with van der Waals surface area (Å²) in [6, 6.07) is 31.3. The molecule has 156 valence electrons. The van der Waals surface area contributed by atoms with Gasteiger partial charge in [-0.2, -0.15) is 5.10 Å². The third-order valence-corrected chi connectivity index (χ3v) is 5.55. The number of hydrogen-bond acceptors (Lipinski definition) is 3. The van der Waals surface area contributed by atoms with Crippen molar-refractivity contribution < 1.29 is 4.42 Å². The predicted octanol–water partition coefficient (Wildman–Crippen LogP) is 6.53. The van der Waals surface area contributed by atoms with Gasteiger partial charge in [0.1, 0.15) is 17.0 Å². The molecule has 4 aromatic carbocycles. The lowest BCUT2D eigenvalue weighted by Crippen LogP contribution is -2.17. The summed E-state index contributed by atoms with van der Waals surface area (Å²) < 4.78 is 7.15. The highest BCUT2D eigenvalue weighted by atomic mass is 79.9. The number of anilines is 1. The molecule has 0 fully saturated rings. The van der Waals surface area contributed by atoms with Gasteiger partial charge in [0.15, 0.2) is 5.84 Å². The molecule has 0 aliphatic rings. The van der Waals surface area contributed by atoms with Gasteiger partial charge in [-0.1, -0.05) is 82.7 Å². The van der Waals surface area contributed by atoms with Gasteiger partial charge in [0.25, 0.3) is 0 Å². The van der Waals surface area contributed by atoms with Crippen molar-refractivity contribution in [3.63, 3.8) is 0 Å². The number of nitrogens with zero attached hydrogens (tertiary/aromatic N) is 2. The molecule has 6 heteroatoms. The van der Waals surface area contributed by atoms with Gasteiger partial charge >= 0.3 is 0 Å². The van der Waals surface area contributed by atoms with Crippen LogP contribution in [0.1, 0.15) is 11.1 Å². The highest BCUT2D eigenvalue weighted by molar-refractivity contribution is 9.10. The molecule has 0 spiro atoms. The molecule has 32 heavy (non-hydrogen) atoms. The van der Waals surface area contributed by atoms with E-state index < -0.39 is 0 Å². The van der Waals surface area contributed by atoms with E-state index in [1.807, 2.05) is 97.1 Å². The van der Waals surface area contributed by atoms with Crippen LogP contribution in [0, 0.1) is 0 Å².